The Bertz CT molecular complexity index is 393. The molecule has 0 radical (unpaired) electrons. The van der Waals surface area contributed by atoms with Gasteiger partial charge in [-0.1, -0.05) is 25.8 Å². The molecule has 1 aromatic carbocycles. The summed E-state index contributed by atoms with van der Waals surface area (Å²) in [7, 11) is 0. The van der Waals surface area contributed by atoms with Crippen LogP contribution < -0.4 is 10.6 Å². The Labute approximate surface area is 117 Å². The van der Waals surface area contributed by atoms with E-state index in [1.807, 2.05) is 25.1 Å². The Morgan fingerprint density at radius 3 is 2.78 bits per heavy atom. The van der Waals surface area contributed by atoms with Crippen molar-refractivity contribution in [1.82, 2.24) is 5.32 Å². The molecule has 0 aromatic heterocycles. The first-order valence-corrected chi connectivity index (χ1v) is 7.19. The zero-order chi connectivity index (χ0) is 13.4. The lowest BCUT2D eigenvalue weighted by Crippen LogP contribution is -2.30. The van der Waals surface area contributed by atoms with Gasteiger partial charge in [-0.05, 0) is 47.0 Å². The number of nitrogens with one attached hydrogen (secondary N) is 2. The van der Waals surface area contributed by atoms with Crippen molar-refractivity contribution >= 4 is 27.5 Å². The third kappa shape index (κ3) is 5.54. The minimum Gasteiger partial charge on any atom is -0.375 e. The lowest BCUT2D eigenvalue weighted by Gasteiger charge is -2.09. The second-order valence-corrected chi connectivity index (χ2v) is 5.25. The van der Waals surface area contributed by atoms with Crippen LogP contribution in [0.1, 0.15) is 31.7 Å². The summed E-state index contributed by atoms with van der Waals surface area (Å²) in [6.45, 7) is 5.27. The smallest absolute Gasteiger partial charge is 0.239 e. The van der Waals surface area contributed by atoms with Gasteiger partial charge < -0.3 is 10.6 Å². The third-order valence-electron chi connectivity index (χ3n) is 2.67. The van der Waals surface area contributed by atoms with Crippen LogP contribution in [0, 0.1) is 6.92 Å². The van der Waals surface area contributed by atoms with E-state index in [1.54, 1.807) is 0 Å². The summed E-state index contributed by atoms with van der Waals surface area (Å²) in [5.74, 6) is 0.0404. The first kappa shape index (κ1) is 15.0. The second kappa shape index (κ2) is 8.14. The number of carbonyl (C=O) groups is 1. The summed E-state index contributed by atoms with van der Waals surface area (Å²) in [5, 5.41) is 6.02. The average molecular weight is 313 g/mol. The maximum Gasteiger partial charge on any atom is 0.239 e. The van der Waals surface area contributed by atoms with Crippen LogP contribution >= 0.6 is 15.9 Å². The van der Waals surface area contributed by atoms with Crippen molar-refractivity contribution in [2.45, 2.75) is 33.1 Å². The molecule has 0 fully saturated rings. The van der Waals surface area contributed by atoms with E-state index < -0.39 is 0 Å². The minimum atomic E-state index is 0.0404. The highest BCUT2D eigenvalue weighted by atomic mass is 79.9. The third-order valence-corrected chi connectivity index (χ3v) is 3.32. The molecular weight excluding hydrogens is 292 g/mol. The molecule has 4 heteroatoms. The Morgan fingerprint density at radius 1 is 1.33 bits per heavy atom. The number of rotatable bonds is 7. The number of anilines is 1. The van der Waals surface area contributed by atoms with Crippen molar-refractivity contribution in [2.75, 3.05) is 18.4 Å². The summed E-state index contributed by atoms with van der Waals surface area (Å²) < 4.78 is 0.987. The summed E-state index contributed by atoms with van der Waals surface area (Å²) in [4.78, 5) is 11.6. The second-order valence-electron chi connectivity index (χ2n) is 4.39. The number of unbranched alkanes of at least 4 members (excludes halogenated alkanes) is 2. The zero-order valence-corrected chi connectivity index (χ0v) is 12.6. The highest BCUT2D eigenvalue weighted by Gasteiger charge is 2.03. The Hall–Kier alpha value is -1.03. The van der Waals surface area contributed by atoms with Gasteiger partial charge in [-0.15, -0.1) is 0 Å². The fraction of sp³-hybridized carbons (Fsp3) is 0.500. The molecule has 0 aliphatic heterocycles. The van der Waals surface area contributed by atoms with Gasteiger partial charge in [0.25, 0.3) is 0 Å². The quantitative estimate of drug-likeness (QED) is 0.757. The molecule has 1 rings (SSSR count). The molecule has 0 bridgehead atoms. The first-order valence-electron chi connectivity index (χ1n) is 6.40. The van der Waals surface area contributed by atoms with Crippen molar-refractivity contribution in [1.29, 1.82) is 0 Å². The average Bonchev–Trinajstić information content (AvgIpc) is 2.33. The lowest BCUT2D eigenvalue weighted by molar-refractivity contribution is -0.119. The molecule has 1 amide bonds. The van der Waals surface area contributed by atoms with E-state index in [0.717, 1.165) is 29.5 Å². The minimum absolute atomic E-state index is 0.0404. The molecule has 1 aromatic rings. The topological polar surface area (TPSA) is 41.1 Å². The maximum absolute atomic E-state index is 11.6. The largest absolute Gasteiger partial charge is 0.375 e. The van der Waals surface area contributed by atoms with Crippen molar-refractivity contribution in [3.8, 4) is 0 Å². The molecule has 0 saturated heterocycles. The normalized spacial score (nSPS) is 10.2. The monoisotopic (exact) mass is 312 g/mol. The first-order chi connectivity index (χ1) is 8.63. The SMILES string of the molecule is CCCCCNC(=O)CNc1ccc(C)cc1Br. The summed E-state index contributed by atoms with van der Waals surface area (Å²) in [6.07, 6.45) is 3.39. The van der Waals surface area contributed by atoms with Gasteiger partial charge in [0.2, 0.25) is 5.91 Å². The van der Waals surface area contributed by atoms with E-state index in [1.165, 1.54) is 12.0 Å². The van der Waals surface area contributed by atoms with E-state index in [0.29, 0.717) is 6.54 Å². The fourth-order valence-corrected chi connectivity index (χ4v) is 2.24. The lowest BCUT2D eigenvalue weighted by atomic mass is 10.2. The molecule has 0 atom stereocenters. The van der Waals surface area contributed by atoms with Crippen molar-refractivity contribution in [3.63, 3.8) is 0 Å². The van der Waals surface area contributed by atoms with Gasteiger partial charge in [-0.25, -0.2) is 0 Å². The van der Waals surface area contributed by atoms with Crippen molar-refractivity contribution in [2.24, 2.45) is 0 Å². The van der Waals surface area contributed by atoms with E-state index in [9.17, 15) is 4.79 Å². The van der Waals surface area contributed by atoms with Gasteiger partial charge in [-0.2, -0.15) is 0 Å². The molecule has 100 valence electrons. The number of benzene rings is 1. The number of amides is 1. The van der Waals surface area contributed by atoms with Gasteiger partial charge in [0, 0.05) is 16.7 Å². The highest BCUT2D eigenvalue weighted by molar-refractivity contribution is 9.10. The molecule has 0 aliphatic rings. The van der Waals surface area contributed by atoms with Crippen LogP contribution in [0.3, 0.4) is 0 Å². The number of hydrogen-bond acceptors (Lipinski definition) is 2. The van der Waals surface area contributed by atoms with Crippen LogP contribution in [-0.2, 0) is 4.79 Å². The number of halogens is 1. The molecule has 0 unspecified atom stereocenters. The van der Waals surface area contributed by atoms with Crippen LogP contribution in [0.4, 0.5) is 5.69 Å². The van der Waals surface area contributed by atoms with E-state index in [-0.39, 0.29) is 5.91 Å². The Morgan fingerprint density at radius 2 is 2.11 bits per heavy atom. The zero-order valence-electron chi connectivity index (χ0n) is 11.1. The maximum atomic E-state index is 11.6. The van der Waals surface area contributed by atoms with Gasteiger partial charge in [0.05, 0.1) is 6.54 Å². The van der Waals surface area contributed by atoms with Gasteiger partial charge in [0.1, 0.15) is 0 Å². The van der Waals surface area contributed by atoms with Crippen LogP contribution in [0.5, 0.6) is 0 Å². The molecule has 0 saturated carbocycles. The summed E-state index contributed by atoms with van der Waals surface area (Å²) in [5.41, 5.74) is 2.14. The van der Waals surface area contributed by atoms with Gasteiger partial charge in [-0.3, -0.25) is 4.79 Å². The number of carbonyl (C=O) groups excluding carboxylic acids is 1. The predicted molar refractivity (Wildman–Crippen MR) is 79.9 cm³/mol. The molecule has 0 heterocycles. The fourth-order valence-electron chi connectivity index (χ4n) is 1.60. The van der Waals surface area contributed by atoms with Gasteiger partial charge >= 0.3 is 0 Å². The summed E-state index contributed by atoms with van der Waals surface area (Å²) in [6, 6.07) is 6.03. The van der Waals surface area contributed by atoms with Crippen LogP contribution in [0.25, 0.3) is 0 Å². The molecule has 18 heavy (non-hydrogen) atoms. The van der Waals surface area contributed by atoms with Crippen LogP contribution in [0.15, 0.2) is 22.7 Å². The molecule has 2 N–H and O–H groups in total. The van der Waals surface area contributed by atoms with E-state index >= 15 is 0 Å². The molecule has 3 nitrogen and oxygen atoms in total. The Balaban J connectivity index is 2.29. The number of hydrogen-bond donors (Lipinski definition) is 2. The van der Waals surface area contributed by atoms with Crippen molar-refractivity contribution < 1.29 is 4.79 Å². The van der Waals surface area contributed by atoms with E-state index in [4.69, 9.17) is 0 Å². The Kier molecular flexibility index (Phi) is 6.80. The van der Waals surface area contributed by atoms with Crippen LogP contribution in [0.2, 0.25) is 0 Å². The number of aryl methyl sites for hydroxylation is 1. The molecule has 0 spiro atoms. The van der Waals surface area contributed by atoms with E-state index in [2.05, 4.69) is 33.5 Å². The summed E-state index contributed by atoms with van der Waals surface area (Å²) >= 11 is 3.48. The van der Waals surface area contributed by atoms with Crippen molar-refractivity contribution in [3.05, 3.63) is 28.2 Å². The molecule has 0 aliphatic carbocycles. The standard InChI is InChI=1S/C14H21BrN2O/c1-3-4-5-8-16-14(18)10-17-13-7-6-11(2)9-12(13)15/h6-7,9,17H,3-5,8,10H2,1-2H3,(H,16,18). The highest BCUT2D eigenvalue weighted by Crippen LogP contribution is 2.22. The predicted octanol–water partition coefficient (Wildman–Crippen LogP) is 3.48. The van der Waals surface area contributed by atoms with Crippen LogP contribution in [-0.4, -0.2) is 19.0 Å². The molecular formula is C14H21BrN2O. The van der Waals surface area contributed by atoms with Gasteiger partial charge in [0.15, 0.2) is 0 Å².